The van der Waals surface area contributed by atoms with Crippen LogP contribution in [0.2, 0.25) is 0 Å². The maximum absolute atomic E-state index is 12.3. The van der Waals surface area contributed by atoms with E-state index in [9.17, 15) is 9.59 Å². The summed E-state index contributed by atoms with van der Waals surface area (Å²) in [5, 5.41) is 4.59. The highest BCUT2D eigenvalue weighted by molar-refractivity contribution is 8.02. The fourth-order valence-electron chi connectivity index (χ4n) is 7.15. The Labute approximate surface area is 191 Å². The second kappa shape index (κ2) is 9.08. The van der Waals surface area contributed by atoms with Crippen molar-refractivity contribution in [2.24, 2.45) is 46.0 Å². The van der Waals surface area contributed by atoms with Crippen molar-refractivity contribution in [1.29, 1.82) is 0 Å². The standard InChI is InChI=1S/C24H40N4O2S/c1-6-17(19(25)13-31-14-27-22(26)30)23(3)11-9-18-16(15(23)2)7-8-20-24(18,4)12-10-21(29)28(20)5/h10,12-13,15-18,20H,6-9,11,14,25H2,1-5H3,(H3,26,27,30)/t15?,16?,17-,18?,20?,23?,24?/m1/s1. The molecule has 2 fully saturated rings. The van der Waals surface area contributed by atoms with Crippen molar-refractivity contribution in [2.75, 3.05) is 12.9 Å². The molecule has 6 unspecified atom stereocenters. The number of carbonyl (C=O) groups is 2. The number of rotatable bonds is 6. The number of nitrogens with two attached hydrogens (primary N) is 2. The summed E-state index contributed by atoms with van der Waals surface area (Å²) >= 11 is 1.49. The van der Waals surface area contributed by atoms with E-state index < -0.39 is 6.03 Å². The van der Waals surface area contributed by atoms with Crippen LogP contribution in [-0.4, -0.2) is 35.8 Å². The monoisotopic (exact) mass is 448 g/mol. The molecule has 5 N–H and O–H groups in total. The molecule has 2 saturated carbocycles. The minimum atomic E-state index is -0.515. The first-order valence-electron chi connectivity index (χ1n) is 11.6. The zero-order valence-corrected chi connectivity index (χ0v) is 20.5. The van der Waals surface area contributed by atoms with Gasteiger partial charge in [-0.1, -0.05) is 33.8 Å². The van der Waals surface area contributed by atoms with Crippen LogP contribution in [0.3, 0.4) is 0 Å². The van der Waals surface area contributed by atoms with Crippen LogP contribution in [0, 0.1) is 34.5 Å². The number of likely N-dealkylation sites (N-methyl/N-ethyl adjacent to an activating group) is 1. The van der Waals surface area contributed by atoms with E-state index in [0.29, 0.717) is 35.6 Å². The van der Waals surface area contributed by atoms with Gasteiger partial charge in [-0.2, -0.15) is 0 Å². The molecule has 174 valence electrons. The first-order chi connectivity index (χ1) is 14.6. The van der Waals surface area contributed by atoms with E-state index in [4.69, 9.17) is 11.5 Å². The Morgan fingerprint density at radius 1 is 1.35 bits per heavy atom. The van der Waals surface area contributed by atoms with E-state index in [-0.39, 0.29) is 16.7 Å². The van der Waals surface area contributed by atoms with Crippen molar-refractivity contribution < 1.29 is 9.59 Å². The van der Waals surface area contributed by atoms with E-state index in [1.54, 1.807) is 6.08 Å². The number of hydrogen-bond donors (Lipinski definition) is 3. The van der Waals surface area contributed by atoms with Crippen molar-refractivity contribution in [3.05, 3.63) is 23.3 Å². The van der Waals surface area contributed by atoms with Crippen LogP contribution in [-0.2, 0) is 4.79 Å². The third-order valence-electron chi connectivity index (χ3n) is 9.04. The third-order valence-corrected chi connectivity index (χ3v) is 9.79. The molecule has 0 aromatic rings. The van der Waals surface area contributed by atoms with E-state index >= 15 is 0 Å². The second-order valence-corrected chi connectivity index (χ2v) is 11.1. The largest absolute Gasteiger partial charge is 0.401 e. The fourth-order valence-corrected chi connectivity index (χ4v) is 7.82. The highest BCUT2D eigenvalue weighted by Gasteiger charge is 2.57. The minimum absolute atomic E-state index is 0.0561. The van der Waals surface area contributed by atoms with Gasteiger partial charge in [-0.25, -0.2) is 4.79 Å². The number of fused-ring (bicyclic) bond motifs is 3. The summed E-state index contributed by atoms with van der Waals surface area (Å²) in [7, 11) is 1.97. The summed E-state index contributed by atoms with van der Waals surface area (Å²) in [4.78, 5) is 25.1. The van der Waals surface area contributed by atoms with Gasteiger partial charge < -0.3 is 21.7 Å². The lowest BCUT2D eigenvalue weighted by Gasteiger charge is -2.61. The van der Waals surface area contributed by atoms with E-state index in [1.807, 2.05) is 17.4 Å². The van der Waals surface area contributed by atoms with Gasteiger partial charge in [-0.3, -0.25) is 4.79 Å². The summed E-state index contributed by atoms with van der Waals surface area (Å²) < 4.78 is 0. The minimum Gasteiger partial charge on any atom is -0.401 e. The first kappa shape index (κ1) is 24.0. The zero-order chi connectivity index (χ0) is 23.0. The quantitative estimate of drug-likeness (QED) is 0.422. The number of allylic oxidation sites excluding steroid dienone is 1. The van der Waals surface area contributed by atoms with Gasteiger partial charge in [0.2, 0.25) is 5.91 Å². The van der Waals surface area contributed by atoms with Gasteiger partial charge in [-0.15, -0.1) is 11.8 Å². The third kappa shape index (κ3) is 4.22. The van der Waals surface area contributed by atoms with Crippen molar-refractivity contribution >= 4 is 23.7 Å². The molecule has 3 rings (SSSR count). The predicted octanol–water partition coefficient (Wildman–Crippen LogP) is 4.04. The lowest BCUT2D eigenvalue weighted by molar-refractivity contribution is -0.140. The highest BCUT2D eigenvalue weighted by Crippen LogP contribution is 2.62. The van der Waals surface area contributed by atoms with Crippen molar-refractivity contribution in [1.82, 2.24) is 10.2 Å². The number of urea groups is 1. The highest BCUT2D eigenvalue weighted by atomic mass is 32.2. The summed E-state index contributed by atoms with van der Waals surface area (Å²) in [5.41, 5.74) is 12.8. The Hall–Kier alpha value is -1.63. The molecule has 3 amide bonds. The van der Waals surface area contributed by atoms with Crippen molar-refractivity contribution in [2.45, 2.75) is 65.8 Å². The Balaban J connectivity index is 1.80. The summed E-state index contributed by atoms with van der Waals surface area (Å²) in [6.45, 7) is 9.46. The van der Waals surface area contributed by atoms with Crippen molar-refractivity contribution in [3.8, 4) is 0 Å². The molecule has 7 heteroatoms. The van der Waals surface area contributed by atoms with Crippen LogP contribution >= 0.6 is 11.8 Å². The lowest BCUT2D eigenvalue weighted by Crippen LogP contribution is -2.60. The molecular formula is C24H40N4O2S. The topological polar surface area (TPSA) is 101 Å². The first-order valence-corrected chi connectivity index (χ1v) is 12.7. The molecule has 0 aromatic heterocycles. The van der Waals surface area contributed by atoms with Gasteiger partial charge in [0.25, 0.3) is 0 Å². The van der Waals surface area contributed by atoms with Gasteiger partial charge in [-0.05, 0) is 66.8 Å². The second-order valence-electron chi connectivity index (χ2n) is 10.3. The molecule has 1 aliphatic heterocycles. The number of nitrogens with zero attached hydrogens (tertiary/aromatic N) is 1. The van der Waals surface area contributed by atoms with Crippen LogP contribution in [0.25, 0.3) is 0 Å². The van der Waals surface area contributed by atoms with Gasteiger partial charge in [0, 0.05) is 30.1 Å². The van der Waals surface area contributed by atoms with Crippen LogP contribution in [0.5, 0.6) is 0 Å². The average Bonchev–Trinajstić information content (AvgIpc) is 2.71. The average molecular weight is 449 g/mol. The summed E-state index contributed by atoms with van der Waals surface area (Å²) in [5.74, 6) is 2.66. The number of primary amides is 1. The maximum atomic E-state index is 12.3. The van der Waals surface area contributed by atoms with E-state index in [0.717, 1.165) is 25.0 Å². The molecule has 3 aliphatic rings. The van der Waals surface area contributed by atoms with Gasteiger partial charge in [0.05, 0.1) is 5.88 Å². The molecule has 0 bridgehead atoms. The number of hydrogen-bond acceptors (Lipinski definition) is 4. The molecule has 0 spiro atoms. The molecule has 7 atom stereocenters. The van der Waals surface area contributed by atoms with Crippen LogP contribution in [0.15, 0.2) is 23.3 Å². The SMILES string of the molecule is CC[C@H](C(N)=CSCNC(N)=O)C1(C)CCC2C(CCC3N(C)C(=O)C=CC23C)C1C. The summed E-state index contributed by atoms with van der Waals surface area (Å²) in [6.07, 6.45) is 9.57. The lowest BCUT2D eigenvalue weighted by atomic mass is 9.46. The number of carbonyl (C=O) groups excluding carboxylic acids is 2. The van der Waals surface area contributed by atoms with Crippen molar-refractivity contribution in [3.63, 3.8) is 0 Å². The zero-order valence-electron chi connectivity index (χ0n) is 19.7. The van der Waals surface area contributed by atoms with Gasteiger partial charge in [0.15, 0.2) is 0 Å². The maximum Gasteiger partial charge on any atom is 0.312 e. The van der Waals surface area contributed by atoms with E-state index in [2.05, 4.69) is 39.1 Å². The Kier molecular flexibility index (Phi) is 7.04. The van der Waals surface area contributed by atoms with Crippen LogP contribution < -0.4 is 16.8 Å². The van der Waals surface area contributed by atoms with Crippen LogP contribution in [0.1, 0.15) is 59.8 Å². The Morgan fingerprint density at radius 2 is 2.06 bits per heavy atom. The molecule has 0 radical (unpaired) electrons. The number of amides is 3. The smallest absolute Gasteiger partial charge is 0.312 e. The fraction of sp³-hybridized carbons (Fsp3) is 0.750. The van der Waals surface area contributed by atoms with Gasteiger partial charge in [0.1, 0.15) is 0 Å². The van der Waals surface area contributed by atoms with Crippen LogP contribution in [0.4, 0.5) is 4.79 Å². The Bertz CT molecular complexity index is 769. The van der Waals surface area contributed by atoms with E-state index in [1.165, 1.54) is 24.6 Å². The summed E-state index contributed by atoms with van der Waals surface area (Å²) in [6, 6.07) is -0.206. The number of thioether (sulfide) groups is 1. The molecule has 31 heavy (non-hydrogen) atoms. The molecule has 6 nitrogen and oxygen atoms in total. The van der Waals surface area contributed by atoms with Gasteiger partial charge >= 0.3 is 6.03 Å². The predicted molar refractivity (Wildman–Crippen MR) is 128 cm³/mol. The number of nitrogens with one attached hydrogen (secondary N) is 1. The molecular weight excluding hydrogens is 408 g/mol. The molecule has 2 aliphatic carbocycles. The Morgan fingerprint density at radius 3 is 2.71 bits per heavy atom. The molecule has 0 saturated heterocycles. The molecule has 0 aromatic carbocycles. The molecule has 1 heterocycles. The normalized spacial score (nSPS) is 38.9.